The van der Waals surface area contributed by atoms with Crippen molar-refractivity contribution in [1.29, 1.82) is 0 Å². The van der Waals surface area contributed by atoms with E-state index in [0.29, 0.717) is 5.92 Å². The molecular weight excluding hydrogens is 326 g/mol. The highest BCUT2D eigenvalue weighted by Crippen LogP contribution is 2.27. The predicted octanol–water partition coefficient (Wildman–Crippen LogP) is 1.80. The summed E-state index contributed by atoms with van der Waals surface area (Å²) >= 11 is 0. The number of nitrogens with one attached hydrogen (secondary N) is 1. The Morgan fingerprint density at radius 1 is 1.12 bits per heavy atom. The fourth-order valence-electron chi connectivity index (χ4n) is 4.22. The number of aryl methyl sites for hydroxylation is 1. The van der Waals surface area contributed by atoms with Crippen molar-refractivity contribution < 1.29 is 0 Å². The molecule has 26 heavy (non-hydrogen) atoms. The number of pyridine rings is 1. The van der Waals surface area contributed by atoms with Gasteiger partial charge < -0.3 is 5.32 Å². The Labute approximate surface area is 153 Å². The van der Waals surface area contributed by atoms with Gasteiger partial charge in [-0.25, -0.2) is 0 Å². The Hall–Kier alpha value is -2.25. The maximum Gasteiger partial charge on any atom is 0.160 e. The number of rotatable bonds is 3. The van der Waals surface area contributed by atoms with Crippen molar-refractivity contribution in [1.82, 2.24) is 34.6 Å². The molecule has 136 valence electrons. The molecule has 7 nitrogen and oxygen atoms in total. The molecule has 1 saturated heterocycles. The highest BCUT2D eigenvalue weighted by molar-refractivity contribution is 5.37. The Kier molecular flexibility index (Phi) is 4.18. The molecule has 0 bridgehead atoms. The average Bonchev–Trinajstić information content (AvgIpc) is 3.20. The van der Waals surface area contributed by atoms with Crippen LogP contribution in [0, 0.1) is 0 Å². The summed E-state index contributed by atoms with van der Waals surface area (Å²) in [4.78, 5) is 2.52. The second kappa shape index (κ2) is 6.81. The van der Waals surface area contributed by atoms with Crippen LogP contribution in [-0.2, 0) is 19.6 Å². The van der Waals surface area contributed by atoms with Crippen molar-refractivity contribution in [3.8, 4) is 0 Å². The third-order valence-electron chi connectivity index (χ3n) is 5.62. The highest BCUT2D eigenvalue weighted by atomic mass is 15.3. The molecule has 0 unspecified atom stereocenters. The molecule has 0 saturated carbocycles. The zero-order valence-corrected chi connectivity index (χ0v) is 15.0. The van der Waals surface area contributed by atoms with E-state index in [-0.39, 0.29) is 0 Å². The Morgan fingerprint density at radius 3 is 2.96 bits per heavy atom. The molecule has 0 aromatic carbocycles. The first kappa shape index (κ1) is 16.0. The predicted molar refractivity (Wildman–Crippen MR) is 98.8 cm³/mol. The molecule has 7 heteroatoms. The van der Waals surface area contributed by atoms with Gasteiger partial charge in [0.05, 0.1) is 11.4 Å². The van der Waals surface area contributed by atoms with E-state index < -0.39 is 0 Å². The molecular formula is C19H25N7. The number of nitrogens with zero attached hydrogens (tertiary/aromatic N) is 6. The number of hydrogen-bond acceptors (Lipinski definition) is 5. The summed E-state index contributed by atoms with van der Waals surface area (Å²) in [6, 6.07) is 8.35. The molecule has 0 aliphatic carbocycles. The fraction of sp³-hybridized carbons (Fsp3) is 0.526. The summed E-state index contributed by atoms with van der Waals surface area (Å²) in [7, 11) is 0. The maximum absolute atomic E-state index is 4.82. The zero-order valence-electron chi connectivity index (χ0n) is 15.0. The quantitative estimate of drug-likeness (QED) is 0.780. The van der Waals surface area contributed by atoms with Gasteiger partial charge in [-0.1, -0.05) is 6.07 Å². The van der Waals surface area contributed by atoms with Crippen LogP contribution in [0.1, 0.15) is 42.4 Å². The van der Waals surface area contributed by atoms with Gasteiger partial charge in [-0.15, -0.1) is 10.2 Å². The summed E-state index contributed by atoms with van der Waals surface area (Å²) in [5, 5.41) is 17.0. The summed E-state index contributed by atoms with van der Waals surface area (Å²) in [5.41, 5.74) is 3.47. The summed E-state index contributed by atoms with van der Waals surface area (Å²) in [6.07, 6.45) is 5.49. The molecule has 0 amide bonds. The van der Waals surface area contributed by atoms with Gasteiger partial charge in [0.2, 0.25) is 0 Å². The van der Waals surface area contributed by atoms with Gasteiger partial charge in [-0.2, -0.15) is 5.10 Å². The fourth-order valence-corrected chi connectivity index (χ4v) is 4.22. The number of piperidine rings is 1. The Balaban J connectivity index is 1.23. The molecule has 3 aromatic rings. The second-order valence-corrected chi connectivity index (χ2v) is 7.42. The van der Waals surface area contributed by atoms with E-state index in [1.807, 2.05) is 18.2 Å². The number of fused-ring (bicyclic) bond motifs is 2. The molecule has 2 aliphatic heterocycles. The van der Waals surface area contributed by atoms with Gasteiger partial charge in [0.25, 0.3) is 0 Å². The highest BCUT2D eigenvalue weighted by Gasteiger charge is 2.25. The second-order valence-electron chi connectivity index (χ2n) is 7.42. The third-order valence-corrected chi connectivity index (χ3v) is 5.62. The minimum absolute atomic E-state index is 0.492. The van der Waals surface area contributed by atoms with E-state index in [4.69, 9.17) is 5.10 Å². The molecule has 0 radical (unpaired) electrons. The van der Waals surface area contributed by atoms with Crippen LogP contribution < -0.4 is 5.32 Å². The van der Waals surface area contributed by atoms with Gasteiger partial charge in [0, 0.05) is 31.7 Å². The van der Waals surface area contributed by atoms with Gasteiger partial charge >= 0.3 is 0 Å². The topological polar surface area (TPSA) is 63.3 Å². The molecule has 5 heterocycles. The van der Waals surface area contributed by atoms with Crippen molar-refractivity contribution in [2.45, 2.75) is 44.8 Å². The van der Waals surface area contributed by atoms with E-state index in [1.165, 1.54) is 11.4 Å². The zero-order chi connectivity index (χ0) is 17.3. The van der Waals surface area contributed by atoms with E-state index in [9.17, 15) is 0 Å². The standard InChI is InChI=1S/C19H25N7/c1-2-8-25-18(4-1)21-22-19(25)15-5-10-24(11-6-15)14-16-12-17-13-20-7-3-9-26(17)23-16/h1-2,4,8,12,15,20H,3,5-7,9-11,13-14H2. The third kappa shape index (κ3) is 3.01. The summed E-state index contributed by atoms with van der Waals surface area (Å²) in [5.74, 6) is 1.60. The lowest BCUT2D eigenvalue weighted by atomic mass is 9.96. The first-order valence-electron chi connectivity index (χ1n) is 9.65. The van der Waals surface area contributed by atoms with Crippen molar-refractivity contribution in [3.63, 3.8) is 0 Å². The van der Waals surface area contributed by atoms with Crippen LogP contribution in [0.2, 0.25) is 0 Å². The average molecular weight is 351 g/mol. The Morgan fingerprint density at radius 2 is 2.04 bits per heavy atom. The van der Waals surface area contributed by atoms with Gasteiger partial charge in [-0.05, 0) is 57.1 Å². The Bertz CT molecular complexity index is 865. The minimum Gasteiger partial charge on any atom is -0.311 e. The number of hydrogen-bond donors (Lipinski definition) is 1. The molecule has 0 spiro atoms. The van der Waals surface area contributed by atoms with E-state index in [0.717, 1.165) is 70.0 Å². The van der Waals surface area contributed by atoms with Crippen molar-refractivity contribution in [2.24, 2.45) is 0 Å². The van der Waals surface area contributed by atoms with Crippen molar-refractivity contribution in [2.75, 3.05) is 19.6 Å². The van der Waals surface area contributed by atoms with E-state index in [2.05, 4.69) is 41.8 Å². The van der Waals surface area contributed by atoms with Crippen LogP contribution >= 0.6 is 0 Å². The van der Waals surface area contributed by atoms with Crippen LogP contribution in [0.15, 0.2) is 30.5 Å². The van der Waals surface area contributed by atoms with Crippen LogP contribution in [0.25, 0.3) is 5.65 Å². The van der Waals surface area contributed by atoms with Gasteiger partial charge in [0.15, 0.2) is 5.65 Å². The monoisotopic (exact) mass is 351 g/mol. The van der Waals surface area contributed by atoms with Crippen molar-refractivity contribution in [3.05, 3.63) is 47.7 Å². The molecule has 0 atom stereocenters. The van der Waals surface area contributed by atoms with Crippen LogP contribution in [0.5, 0.6) is 0 Å². The molecule has 1 N–H and O–H groups in total. The van der Waals surface area contributed by atoms with E-state index in [1.54, 1.807) is 0 Å². The largest absolute Gasteiger partial charge is 0.311 e. The maximum atomic E-state index is 4.82. The van der Waals surface area contributed by atoms with Crippen molar-refractivity contribution >= 4 is 5.65 Å². The lowest BCUT2D eigenvalue weighted by Gasteiger charge is -2.30. The lowest BCUT2D eigenvalue weighted by molar-refractivity contribution is 0.198. The normalized spacial score (nSPS) is 19.5. The SMILES string of the molecule is c1ccn2c(C3CCN(Cc4cc5n(n4)CCCNC5)CC3)nnc2c1. The summed E-state index contributed by atoms with van der Waals surface area (Å²) < 4.78 is 4.32. The lowest BCUT2D eigenvalue weighted by Crippen LogP contribution is -2.33. The van der Waals surface area contributed by atoms with Gasteiger partial charge in [-0.3, -0.25) is 14.0 Å². The first-order valence-corrected chi connectivity index (χ1v) is 9.65. The molecule has 5 rings (SSSR count). The van der Waals surface area contributed by atoms with Crippen LogP contribution in [0.4, 0.5) is 0 Å². The molecule has 1 fully saturated rings. The molecule has 2 aliphatic rings. The first-order chi connectivity index (χ1) is 12.9. The minimum atomic E-state index is 0.492. The molecule has 3 aromatic heterocycles. The van der Waals surface area contributed by atoms with Crippen LogP contribution in [-0.4, -0.2) is 48.9 Å². The van der Waals surface area contributed by atoms with Crippen LogP contribution in [0.3, 0.4) is 0 Å². The smallest absolute Gasteiger partial charge is 0.160 e. The number of aromatic nitrogens is 5. The van der Waals surface area contributed by atoms with Gasteiger partial charge in [0.1, 0.15) is 5.82 Å². The number of likely N-dealkylation sites (tertiary alicyclic amines) is 1. The van der Waals surface area contributed by atoms with E-state index >= 15 is 0 Å². The summed E-state index contributed by atoms with van der Waals surface area (Å²) in [6.45, 7) is 6.19.